The second-order valence-electron chi connectivity index (χ2n) is 3.57. The molecule has 1 atom stereocenters. The van der Waals surface area contributed by atoms with Crippen LogP contribution in [0.5, 0.6) is 0 Å². The van der Waals surface area contributed by atoms with Gasteiger partial charge in [0.15, 0.2) is 0 Å². The zero-order valence-corrected chi connectivity index (χ0v) is 9.31. The zero-order chi connectivity index (χ0) is 13.0. The normalized spacial score (nSPS) is 14.1. The van der Waals surface area contributed by atoms with Crippen molar-refractivity contribution < 1.29 is 19.2 Å². The van der Waals surface area contributed by atoms with Crippen LogP contribution in [-0.2, 0) is 22.4 Å². The molecule has 6 nitrogen and oxygen atoms in total. The highest BCUT2D eigenvalue weighted by molar-refractivity contribution is 5.17. The lowest BCUT2D eigenvalue weighted by Gasteiger charge is -2.16. The lowest BCUT2D eigenvalue weighted by molar-refractivity contribution is -0.716. The summed E-state index contributed by atoms with van der Waals surface area (Å²) in [5.41, 5.74) is -0.0541. The first-order valence-electron chi connectivity index (χ1n) is 5.20. The van der Waals surface area contributed by atoms with Crippen LogP contribution in [0.4, 0.5) is 0 Å². The van der Waals surface area contributed by atoms with Crippen molar-refractivity contribution in [1.29, 1.82) is 0 Å². The van der Waals surface area contributed by atoms with E-state index in [1.165, 1.54) is 18.4 Å². The fourth-order valence-corrected chi connectivity index (χ4v) is 1.45. The van der Waals surface area contributed by atoms with Gasteiger partial charge in [-0.3, -0.25) is 14.9 Å². The molecule has 0 spiro atoms. The molecule has 1 aromatic carbocycles. The standard InChI is InChI=1S/C12H10NO5/c14-12(13(15)16,10-5-2-1-3-6-10)18-9-11-7-4-8-17-11/h1-8H,9H2. The summed E-state index contributed by atoms with van der Waals surface area (Å²) in [7, 11) is 0. The maximum Gasteiger partial charge on any atom is 0.496 e. The van der Waals surface area contributed by atoms with Crippen LogP contribution in [0.25, 0.3) is 0 Å². The molecule has 1 heterocycles. The van der Waals surface area contributed by atoms with Crippen LogP contribution in [0.1, 0.15) is 11.3 Å². The van der Waals surface area contributed by atoms with Crippen LogP contribution in [0.15, 0.2) is 53.1 Å². The molecule has 18 heavy (non-hydrogen) atoms. The third-order valence-electron chi connectivity index (χ3n) is 2.37. The van der Waals surface area contributed by atoms with Crippen molar-refractivity contribution in [3.8, 4) is 0 Å². The molecule has 0 bridgehead atoms. The van der Waals surface area contributed by atoms with Crippen molar-refractivity contribution >= 4 is 0 Å². The zero-order valence-electron chi connectivity index (χ0n) is 9.31. The Morgan fingerprint density at radius 3 is 2.50 bits per heavy atom. The molecule has 0 fully saturated rings. The average molecular weight is 248 g/mol. The second-order valence-corrected chi connectivity index (χ2v) is 3.57. The summed E-state index contributed by atoms with van der Waals surface area (Å²) < 4.78 is 9.83. The third-order valence-corrected chi connectivity index (χ3v) is 2.37. The first-order chi connectivity index (χ1) is 8.63. The predicted octanol–water partition coefficient (Wildman–Crippen LogP) is 2.31. The monoisotopic (exact) mass is 248 g/mol. The number of nitro groups is 1. The molecule has 0 saturated heterocycles. The minimum Gasteiger partial charge on any atom is -0.467 e. The summed E-state index contributed by atoms with van der Waals surface area (Å²) >= 11 is 0. The summed E-state index contributed by atoms with van der Waals surface area (Å²) in [6, 6.07) is 10.7. The smallest absolute Gasteiger partial charge is 0.467 e. The van der Waals surface area contributed by atoms with Crippen molar-refractivity contribution in [2.75, 3.05) is 0 Å². The molecule has 2 aromatic rings. The van der Waals surface area contributed by atoms with Gasteiger partial charge < -0.3 is 4.42 Å². The highest BCUT2D eigenvalue weighted by Gasteiger charge is 2.47. The van der Waals surface area contributed by atoms with Crippen LogP contribution < -0.4 is 0 Å². The van der Waals surface area contributed by atoms with Crippen molar-refractivity contribution in [3.05, 3.63) is 70.2 Å². The molecule has 93 valence electrons. The predicted molar refractivity (Wildman–Crippen MR) is 59.3 cm³/mol. The number of rotatable bonds is 5. The molecule has 1 radical (unpaired) electrons. The van der Waals surface area contributed by atoms with E-state index in [2.05, 4.69) is 0 Å². The topological polar surface area (TPSA) is 85.4 Å². The molecule has 0 amide bonds. The number of furan rings is 1. The van der Waals surface area contributed by atoms with Gasteiger partial charge in [-0.25, -0.2) is 0 Å². The molecule has 0 aliphatic heterocycles. The Kier molecular flexibility index (Phi) is 3.40. The van der Waals surface area contributed by atoms with Gasteiger partial charge in [-0.15, -0.1) is 5.11 Å². The first kappa shape index (κ1) is 12.3. The van der Waals surface area contributed by atoms with Crippen molar-refractivity contribution in [2.45, 2.75) is 12.5 Å². The minimum atomic E-state index is -2.83. The molecule has 0 N–H and O–H groups in total. The molecule has 1 unspecified atom stereocenters. The maximum absolute atomic E-state index is 12.1. The van der Waals surface area contributed by atoms with E-state index in [0.717, 1.165) is 0 Å². The SMILES string of the molecule is [O]C(OCc1ccco1)(c1ccccc1)[N+](=O)[O-]. The van der Waals surface area contributed by atoms with Gasteiger partial charge in [-0.05, 0) is 24.3 Å². The Hall–Kier alpha value is -2.18. The lowest BCUT2D eigenvalue weighted by atomic mass is 10.1. The highest BCUT2D eigenvalue weighted by atomic mass is 16.8. The van der Waals surface area contributed by atoms with Gasteiger partial charge in [0, 0.05) is 0 Å². The van der Waals surface area contributed by atoms with Crippen molar-refractivity contribution in [3.63, 3.8) is 0 Å². The summed E-state index contributed by atoms with van der Waals surface area (Å²) in [6.07, 6.45) is 1.40. The van der Waals surface area contributed by atoms with E-state index in [4.69, 9.17) is 9.15 Å². The first-order valence-corrected chi connectivity index (χ1v) is 5.20. The van der Waals surface area contributed by atoms with Gasteiger partial charge in [0.1, 0.15) is 12.4 Å². The third kappa shape index (κ3) is 2.39. The molecule has 2 rings (SSSR count). The van der Waals surface area contributed by atoms with E-state index in [1.807, 2.05) is 0 Å². The van der Waals surface area contributed by atoms with Crippen LogP contribution in [0.3, 0.4) is 0 Å². The fourth-order valence-electron chi connectivity index (χ4n) is 1.45. The second kappa shape index (κ2) is 4.99. The molecular weight excluding hydrogens is 238 g/mol. The molecule has 0 saturated carbocycles. The van der Waals surface area contributed by atoms with E-state index in [1.54, 1.807) is 30.3 Å². The highest BCUT2D eigenvalue weighted by Crippen LogP contribution is 2.25. The summed E-state index contributed by atoms with van der Waals surface area (Å²) in [5, 5.41) is 23.1. The van der Waals surface area contributed by atoms with Gasteiger partial charge in [0.2, 0.25) is 0 Å². The molecule has 6 heteroatoms. The summed E-state index contributed by atoms with van der Waals surface area (Å²) in [5.74, 6) is -2.47. The van der Waals surface area contributed by atoms with E-state index >= 15 is 0 Å². The van der Waals surface area contributed by atoms with E-state index in [9.17, 15) is 15.2 Å². The summed E-state index contributed by atoms with van der Waals surface area (Å²) in [6.45, 7) is -0.258. The summed E-state index contributed by atoms with van der Waals surface area (Å²) in [4.78, 5) is 9.92. The van der Waals surface area contributed by atoms with Crippen LogP contribution in [0, 0.1) is 10.1 Å². The largest absolute Gasteiger partial charge is 0.496 e. The lowest BCUT2D eigenvalue weighted by Crippen LogP contribution is -2.36. The van der Waals surface area contributed by atoms with Gasteiger partial charge >= 0.3 is 5.91 Å². The minimum absolute atomic E-state index is 0.0541. The maximum atomic E-state index is 12.1. The molecule has 0 aliphatic rings. The Morgan fingerprint density at radius 1 is 1.22 bits per heavy atom. The Bertz CT molecular complexity index is 511. The molecule has 1 aromatic heterocycles. The van der Waals surface area contributed by atoms with Gasteiger partial charge in [-0.1, -0.05) is 18.2 Å². The Balaban J connectivity index is 2.20. The van der Waals surface area contributed by atoms with Crippen molar-refractivity contribution in [2.24, 2.45) is 0 Å². The number of hydrogen-bond acceptors (Lipinski definition) is 4. The average Bonchev–Trinajstić information content (AvgIpc) is 2.90. The van der Waals surface area contributed by atoms with Gasteiger partial charge in [0.05, 0.1) is 16.7 Å². The van der Waals surface area contributed by atoms with Crippen LogP contribution in [0.2, 0.25) is 0 Å². The van der Waals surface area contributed by atoms with Gasteiger partial charge in [-0.2, -0.15) is 0 Å². The quantitative estimate of drug-likeness (QED) is 0.461. The van der Waals surface area contributed by atoms with Crippen molar-refractivity contribution in [1.82, 2.24) is 0 Å². The number of ether oxygens (including phenoxy) is 1. The van der Waals surface area contributed by atoms with Crippen LogP contribution in [-0.4, -0.2) is 4.92 Å². The van der Waals surface area contributed by atoms with Gasteiger partial charge in [0.25, 0.3) is 0 Å². The Morgan fingerprint density at radius 2 is 1.94 bits per heavy atom. The Labute approximate surface area is 103 Å². The van der Waals surface area contributed by atoms with E-state index in [-0.39, 0.29) is 12.2 Å². The molecule has 0 aliphatic carbocycles. The van der Waals surface area contributed by atoms with E-state index in [0.29, 0.717) is 5.76 Å². The fraction of sp³-hybridized carbons (Fsp3) is 0.167. The van der Waals surface area contributed by atoms with Crippen LogP contribution >= 0.6 is 0 Å². The number of nitrogens with zero attached hydrogens (tertiary/aromatic N) is 1. The number of benzene rings is 1. The molecular formula is C12H10NO5. The van der Waals surface area contributed by atoms with E-state index < -0.39 is 10.8 Å². The number of hydrogen-bond donors (Lipinski definition) is 0.